The number of rotatable bonds is 5. The SMILES string of the molecule is CC(C)(C)C(=O)Nc1cccc(C(=O)Nc2ccnn2Cc2ccc(Cl)cc2)c1. The van der Waals surface area contributed by atoms with Gasteiger partial charge in [0.15, 0.2) is 0 Å². The van der Waals surface area contributed by atoms with Crippen molar-refractivity contribution in [2.24, 2.45) is 5.41 Å². The monoisotopic (exact) mass is 410 g/mol. The summed E-state index contributed by atoms with van der Waals surface area (Å²) in [7, 11) is 0. The van der Waals surface area contributed by atoms with Crippen LogP contribution >= 0.6 is 11.6 Å². The van der Waals surface area contributed by atoms with E-state index >= 15 is 0 Å². The Morgan fingerprint density at radius 2 is 1.76 bits per heavy atom. The number of aromatic nitrogens is 2. The van der Waals surface area contributed by atoms with E-state index in [1.54, 1.807) is 41.2 Å². The first-order chi connectivity index (χ1) is 13.7. The van der Waals surface area contributed by atoms with Crippen molar-refractivity contribution in [1.29, 1.82) is 0 Å². The van der Waals surface area contributed by atoms with Gasteiger partial charge < -0.3 is 10.6 Å². The fourth-order valence-corrected chi connectivity index (χ4v) is 2.70. The molecule has 29 heavy (non-hydrogen) atoms. The van der Waals surface area contributed by atoms with E-state index in [4.69, 9.17) is 11.6 Å². The molecular formula is C22H23ClN4O2. The molecular weight excluding hydrogens is 388 g/mol. The highest BCUT2D eigenvalue weighted by molar-refractivity contribution is 6.30. The molecule has 2 aromatic carbocycles. The molecule has 0 aliphatic carbocycles. The standard InChI is InChI=1S/C22H23ClN4O2/c1-22(2,3)21(29)25-18-6-4-5-16(13-18)20(28)26-19-11-12-24-27(19)14-15-7-9-17(23)10-8-15/h4-13H,14H2,1-3H3,(H,25,29)(H,26,28). The third-order valence-corrected chi connectivity index (χ3v) is 4.52. The summed E-state index contributed by atoms with van der Waals surface area (Å²) in [6.45, 7) is 6.00. The van der Waals surface area contributed by atoms with Crippen LogP contribution in [0, 0.1) is 5.41 Å². The summed E-state index contributed by atoms with van der Waals surface area (Å²) >= 11 is 5.92. The van der Waals surface area contributed by atoms with Gasteiger partial charge in [-0.1, -0.05) is 50.6 Å². The third-order valence-electron chi connectivity index (χ3n) is 4.27. The average molecular weight is 411 g/mol. The van der Waals surface area contributed by atoms with Gasteiger partial charge in [0.2, 0.25) is 5.91 Å². The maximum Gasteiger partial charge on any atom is 0.256 e. The molecule has 0 saturated heterocycles. The van der Waals surface area contributed by atoms with E-state index < -0.39 is 5.41 Å². The number of nitrogens with zero attached hydrogens (tertiary/aromatic N) is 2. The summed E-state index contributed by atoms with van der Waals surface area (Å²) in [6.07, 6.45) is 1.63. The second kappa shape index (κ2) is 8.49. The summed E-state index contributed by atoms with van der Waals surface area (Å²) in [5, 5.41) is 10.7. The fraction of sp³-hybridized carbons (Fsp3) is 0.227. The molecule has 2 amide bonds. The molecule has 6 nitrogen and oxygen atoms in total. The zero-order valence-corrected chi connectivity index (χ0v) is 17.3. The van der Waals surface area contributed by atoms with E-state index in [0.29, 0.717) is 28.6 Å². The predicted molar refractivity (Wildman–Crippen MR) is 115 cm³/mol. The van der Waals surface area contributed by atoms with Crippen LogP contribution in [0.4, 0.5) is 11.5 Å². The minimum Gasteiger partial charge on any atom is -0.326 e. The molecule has 0 saturated carbocycles. The smallest absolute Gasteiger partial charge is 0.256 e. The minimum absolute atomic E-state index is 0.115. The summed E-state index contributed by atoms with van der Waals surface area (Å²) in [5.41, 5.74) is 1.51. The first-order valence-corrected chi connectivity index (χ1v) is 9.59. The molecule has 0 bridgehead atoms. The normalized spacial score (nSPS) is 11.2. The second-order valence-electron chi connectivity index (χ2n) is 7.74. The number of hydrogen-bond acceptors (Lipinski definition) is 3. The summed E-state index contributed by atoms with van der Waals surface area (Å²) in [6, 6.07) is 16.0. The van der Waals surface area contributed by atoms with Gasteiger partial charge in [-0.25, -0.2) is 4.68 Å². The molecule has 3 rings (SSSR count). The van der Waals surface area contributed by atoms with E-state index in [0.717, 1.165) is 5.56 Å². The number of carbonyl (C=O) groups excluding carboxylic acids is 2. The molecule has 7 heteroatoms. The van der Waals surface area contributed by atoms with E-state index in [-0.39, 0.29) is 11.8 Å². The van der Waals surface area contributed by atoms with Crippen LogP contribution in [0.3, 0.4) is 0 Å². The highest BCUT2D eigenvalue weighted by Gasteiger charge is 2.21. The summed E-state index contributed by atoms with van der Waals surface area (Å²) in [4.78, 5) is 24.9. The first kappa shape index (κ1) is 20.6. The number of amides is 2. The van der Waals surface area contributed by atoms with Crippen molar-refractivity contribution in [2.45, 2.75) is 27.3 Å². The van der Waals surface area contributed by atoms with Gasteiger partial charge in [-0.05, 0) is 35.9 Å². The lowest BCUT2D eigenvalue weighted by Crippen LogP contribution is -2.27. The van der Waals surface area contributed by atoms with Crippen molar-refractivity contribution in [3.05, 3.63) is 76.9 Å². The lowest BCUT2D eigenvalue weighted by Gasteiger charge is -2.18. The van der Waals surface area contributed by atoms with Crippen molar-refractivity contribution < 1.29 is 9.59 Å². The van der Waals surface area contributed by atoms with E-state index in [1.165, 1.54) is 0 Å². The molecule has 150 valence electrons. The van der Waals surface area contributed by atoms with Crippen molar-refractivity contribution in [1.82, 2.24) is 9.78 Å². The lowest BCUT2D eigenvalue weighted by atomic mass is 9.95. The molecule has 0 aliphatic heterocycles. The quantitative estimate of drug-likeness (QED) is 0.633. The molecule has 0 atom stereocenters. The van der Waals surface area contributed by atoms with Crippen LogP contribution in [0.25, 0.3) is 0 Å². The lowest BCUT2D eigenvalue weighted by molar-refractivity contribution is -0.123. The van der Waals surface area contributed by atoms with E-state index in [9.17, 15) is 9.59 Å². The minimum atomic E-state index is -0.521. The van der Waals surface area contributed by atoms with Crippen molar-refractivity contribution in [2.75, 3.05) is 10.6 Å². The molecule has 3 aromatic rings. The molecule has 1 heterocycles. The molecule has 0 spiro atoms. The first-order valence-electron chi connectivity index (χ1n) is 9.21. The van der Waals surface area contributed by atoms with Crippen molar-refractivity contribution >= 4 is 34.9 Å². The number of anilines is 2. The number of halogens is 1. The van der Waals surface area contributed by atoms with Crippen LogP contribution < -0.4 is 10.6 Å². The largest absolute Gasteiger partial charge is 0.326 e. The Morgan fingerprint density at radius 1 is 1.03 bits per heavy atom. The zero-order valence-electron chi connectivity index (χ0n) is 16.6. The molecule has 0 unspecified atom stereocenters. The Morgan fingerprint density at radius 3 is 2.45 bits per heavy atom. The molecule has 0 fully saturated rings. The van der Waals surface area contributed by atoms with Gasteiger partial charge in [-0.3, -0.25) is 9.59 Å². The van der Waals surface area contributed by atoms with E-state index in [2.05, 4.69) is 15.7 Å². The van der Waals surface area contributed by atoms with Gasteiger partial charge in [-0.15, -0.1) is 0 Å². The van der Waals surface area contributed by atoms with Gasteiger partial charge in [-0.2, -0.15) is 5.10 Å². The van der Waals surface area contributed by atoms with Crippen LogP contribution in [-0.2, 0) is 11.3 Å². The van der Waals surface area contributed by atoms with Crippen LogP contribution in [0.15, 0.2) is 60.8 Å². The average Bonchev–Trinajstić information content (AvgIpc) is 3.09. The van der Waals surface area contributed by atoms with Crippen molar-refractivity contribution in [3.8, 4) is 0 Å². The fourth-order valence-electron chi connectivity index (χ4n) is 2.57. The van der Waals surface area contributed by atoms with Gasteiger partial charge in [0.25, 0.3) is 5.91 Å². The number of benzene rings is 2. The third kappa shape index (κ3) is 5.45. The Hall–Kier alpha value is -3.12. The number of hydrogen-bond donors (Lipinski definition) is 2. The number of nitrogens with one attached hydrogen (secondary N) is 2. The van der Waals surface area contributed by atoms with Crippen LogP contribution in [0.1, 0.15) is 36.7 Å². The Labute approximate surface area is 174 Å². The van der Waals surface area contributed by atoms with Crippen LogP contribution in [0.2, 0.25) is 5.02 Å². The van der Waals surface area contributed by atoms with E-state index in [1.807, 2.05) is 45.0 Å². The summed E-state index contributed by atoms with van der Waals surface area (Å²) < 4.78 is 1.70. The Bertz CT molecular complexity index is 1020. The topological polar surface area (TPSA) is 76.0 Å². The van der Waals surface area contributed by atoms with Gasteiger partial charge >= 0.3 is 0 Å². The maximum absolute atomic E-state index is 12.7. The van der Waals surface area contributed by atoms with Gasteiger partial charge in [0, 0.05) is 27.8 Å². The van der Waals surface area contributed by atoms with Crippen molar-refractivity contribution in [3.63, 3.8) is 0 Å². The second-order valence-corrected chi connectivity index (χ2v) is 8.18. The maximum atomic E-state index is 12.7. The molecule has 0 aliphatic rings. The Balaban J connectivity index is 1.71. The molecule has 1 aromatic heterocycles. The molecule has 0 radical (unpaired) electrons. The highest BCUT2D eigenvalue weighted by Crippen LogP contribution is 2.19. The highest BCUT2D eigenvalue weighted by atomic mass is 35.5. The molecule has 2 N–H and O–H groups in total. The van der Waals surface area contributed by atoms with Crippen LogP contribution in [0.5, 0.6) is 0 Å². The number of carbonyl (C=O) groups is 2. The zero-order chi connectivity index (χ0) is 21.0. The predicted octanol–water partition coefficient (Wildman–Crippen LogP) is 4.82. The van der Waals surface area contributed by atoms with Gasteiger partial charge in [0.05, 0.1) is 12.7 Å². The summed E-state index contributed by atoms with van der Waals surface area (Å²) in [5.74, 6) is 0.180. The van der Waals surface area contributed by atoms with Crippen LogP contribution in [-0.4, -0.2) is 21.6 Å². The van der Waals surface area contributed by atoms with Gasteiger partial charge in [0.1, 0.15) is 5.82 Å². The Kier molecular flexibility index (Phi) is 6.03.